The molecule has 2 saturated heterocycles. The second-order valence-electron chi connectivity index (χ2n) is 8.37. The molecule has 2 aromatic carbocycles. The summed E-state index contributed by atoms with van der Waals surface area (Å²) >= 11 is 6.39. The Kier molecular flexibility index (Phi) is 5.20. The van der Waals surface area contributed by atoms with Crippen LogP contribution in [0.2, 0.25) is 5.02 Å². The lowest BCUT2D eigenvalue weighted by atomic mass is 9.92. The van der Waals surface area contributed by atoms with Crippen molar-refractivity contribution < 1.29 is 19.2 Å². The molecule has 2 fully saturated rings. The molecule has 9 nitrogen and oxygen atoms in total. The van der Waals surface area contributed by atoms with E-state index in [-0.39, 0.29) is 12.5 Å². The van der Waals surface area contributed by atoms with Crippen LogP contribution in [-0.4, -0.2) is 54.8 Å². The van der Waals surface area contributed by atoms with Gasteiger partial charge in [0, 0.05) is 18.8 Å². The molecule has 10 heteroatoms. The monoisotopic (exact) mass is 467 g/mol. The number of piperazine rings is 1. The molecule has 5 rings (SSSR count). The zero-order valence-electron chi connectivity index (χ0n) is 17.7. The van der Waals surface area contributed by atoms with Crippen LogP contribution >= 0.6 is 11.6 Å². The molecule has 1 spiro atoms. The largest absolute Gasteiger partial charge is 0.359 e. The Balaban J connectivity index is 1.27. The van der Waals surface area contributed by atoms with E-state index in [1.807, 2.05) is 29.2 Å². The first-order valence-electron chi connectivity index (χ1n) is 10.7. The molecule has 2 aliphatic heterocycles. The van der Waals surface area contributed by atoms with E-state index in [4.69, 9.17) is 11.6 Å². The van der Waals surface area contributed by atoms with Crippen LogP contribution in [-0.2, 0) is 26.3 Å². The number of carbonyl (C=O) groups is 4. The quantitative estimate of drug-likeness (QED) is 0.592. The van der Waals surface area contributed by atoms with E-state index in [1.54, 1.807) is 18.2 Å². The maximum absolute atomic E-state index is 13.2. The van der Waals surface area contributed by atoms with Gasteiger partial charge in [0.2, 0.25) is 11.8 Å². The van der Waals surface area contributed by atoms with Gasteiger partial charge in [-0.05, 0) is 42.2 Å². The fourth-order valence-corrected chi connectivity index (χ4v) is 5.06. The molecule has 5 amide bonds. The molecule has 3 N–H and O–H groups in total. The average Bonchev–Trinajstić information content (AvgIpc) is 3.27. The van der Waals surface area contributed by atoms with E-state index in [1.165, 1.54) is 0 Å². The first kappa shape index (κ1) is 21.3. The van der Waals surface area contributed by atoms with Crippen molar-refractivity contribution in [1.82, 2.24) is 15.5 Å². The number of carbonyl (C=O) groups excluding carboxylic acids is 4. The van der Waals surface area contributed by atoms with Gasteiger partial charge in [0.15, 0.2) is 0 Å². The lowest BCUT2D eigenvalue weighted by molar-refractivity contribution is -0.134. The third-order valence-corrected chi connectivity index (χ3v) is 6.64. The minimum atomic E-state index is -1.10. The van der Waals surface area contributed by atoms with Crippen molar-refractivity contribution in [3.63, 3.8) is 0 Å². The van der Waals surface area contributed by atoms with E-state index >= 15 is 0 Å². The number of imide groups is 1. The Morgan fingerprint density at radius 3 is 2.76 bits per heavy atom. The average molecular weight is 468 g/mol. The predicted octanol–water partition coefficient (Wildman–Crippen LogP) is 1.61. The molecule has 2 aromatic rings. The summed E-state index contributed by atoms with van der Waals surface area (Å²) in [5, 5.41) is 8.65. The van der Waals surface area contributed by atoms with E-state index in [0.717, 1.165) is 16.0 Å². The number of rotatable bonds is 4. The number of fused-ring (bicyclic) bond motifs is 2. The van der Waals surface area contributed by atoms with Gasteiger partial charge in [-0.2, -0.15) is 0 Å². The Morgan fingerprint density at radius 2 is 1.97 bits per heavy atom. The van der Waals surface area contributed by atoms with Crippen LogP contribution in [0.1, 0.15) is 17.5 Å². The van der Waals surface area contributed by atoms with Crippen molar-refractivity contribution in [1.29, 1.82) is 0 Å². The van der Waals surface area contributed by atoms with Gasteiger partial charge in [-0.1, -0.05) is 35.9 Å². The summed E-state index contributed by atoms with van der Waals surface area (Å²) in [7, 11) is 0. The lowest BCUT2D eigenvalue weighted by Gasteiger charge is -2.29. The molecule has 1 unspecified atom stereocenters. The van der Waals surface area contributed by atoms with Crippen LogP contribution in [0, 0.1) is 0 Å². The highest BCUT2D eigenvalue weighted by molar-refractivity contribution is 6.33. The van der Waals surface area contributed by atoms with Gasteiger partial charge in [-0.3, -0.25) is 19.3 Å². The molecule has 0 bridgehead atoms. The number of nitrogens with one attached hydrogen (secondary N) is 3. The van der Waals surface area contributed by atoms with Gasteiger partial charge >= 0.3 is 6.03 Å². The molecular formula is C23H22ClN5O4. The Labute approximate surface area is 195 Å². The maximum Gasteiger partial charge on any atom is 0.325 e. The number of hydrogen-bond donors (Lipinski definition) is 3. The lowest BCUT2D eigenvalue weighted by Crippen LogP contribution is -2.47. The van der Waals surface area contributed by atoms with Crippen molar-refractivity contribution in [3.8, 4) is 0 Å². The van der Waals surface area contributed by atoms with Gasteiger partial charge in [0.25, 0.3) is 5.91 Å². The SMILES string of the molecule is O=C1CN(c2ccc(NC(=O)CN3C(=O)NC4(CCc5ccccc54)C3=O)cc2Cl)CCN1. The van der Waals surface area contributed by atoms with Crippen LogP contribution in [0.25, 0.3) is 0 Å². The Bertz CT molecular complexity index is 1190. The highest BCUT2D eigenvalue weighted by atomic mass is 35.5. The minimum Gasteiger partial charge on any atom is -0.359 e. The van der Waals surface area contributed by atoms with Crippen molar-refractivity contribution in [3.05, 3.63) is 58.6 Å². The molecule has 2 heterocycles. The van der Waals surface area contributed by atoms with E-state index in [9.17, 15) is 19.2 Å². The molecule has 170 valence electrons. The van der Waals surface area contributed by atoms with Gasteiger partial charge in [-0.15, -0.1) is 0 Å². The molecule has 33 heavy (non-hydrogen) atoms. The number of nitrogens with zero attached hydrogens (tertiary/aromatic N) is 2. The number of anilines is 2. The van der Waals surface area contributed by atoms with Crippen molar-refractivity contribution in [2.24, 2.45) is 0 Å². The number of benzene rings is 2. The number of aryl methyl sites for hydroxylation is 1. The normalized spacial score (nSPS) is 21.8. The van der Waals surface area contributed by atoms with Crippen LogP contribution in [0.4, 0.5) is 16.2 Å². The zero-order chi connectivity index (χ0) is 23.2. The van der Waals surface area contributed by atoms with Gasteiger partial charge in [0.1, 0.15) is 12.1 Å². The fraction of sp³-hybridized carbons (Fsp3) is 0.304. The maximum atomic E-state index is 13.2. The summed E-state index contributed by atoms with van der Waals surface area (Å²) < 4.78 is 0. The zero-order valence-corrected chi connectivity index (χ0v) is 18.4. The summed E-state index contributed by atoms with van der Waals surface area (Å²) in [6, 6.07) is 11.9. The van der Waals surface area contributed by atoms with E-state index < -0.39 is 29.9 Å². The third-order valence-electron chi connectivity index (χ3n) is 6.33. The minimum absolute atomic E-state index is 0.0779. The van der Waals surface area contributed by atoms with Crippen molar-refractivity contribution >= 4 is 46.7 Å². The molecule has 1 atom stereocenters. The van der Waals surface area contributed by atoms with Crippen LogP contribution in [0.3, 0.4) is 0 Å². The third kappa shape index (κ3) is 3.68. The molecule has 1 aliphatic carbocycles. The second-order valence-corrected chi connectivity index (χ2v) is 8.78. The molecule has 0 aromatic heterocycles. The number of halogens is 1. The van der Waals surface area contributed by atoms with Crippen molar-refractivity contribution in [2.75, 3.05) is 36.4 Å². The predicted molar refractivity (Wildman–Crippen MR) is 122 cm³/mol. The number of amides is 5. The molecular weight excluding hydrogens is 446 g/mol. The van der Waals surface area contributed by atoms with Gasteiger partial charge in [0.05, 0.1) is 17.3 Å². The van der Waals surface area contributed by atoms with Crippen LogP contribution in [0.5, 0.6) is 0 Å². The standard InChI is InChI=1S/C23H22ClN5O4/c24-17-11-15(5-6-18(17)28-10-9-25-19(30)12-28)26-20(31)13-29-21(32)23(27-22(29)33)8-7-14-3-1-2-4-16(14)23/h1-6,11H,7-10,12-13H2,(H,25,30)(H,26,31)(H,27,33). The summed E-state index contributed by atoms with van der Waals surface area (Å²) in [6.07, 6.45) is 1.16. The van der Waals surface area contributed by atoms with Gasteiger partial charge in [-0.25, -0.2) is 4.79 Å². The van der Waals surface area contributed by atoms with E-state index in [0.29, 0.717) is 42.3 Å². The number of urea groups is 1. The first-order chi connectivity index (χ1) is 15.9. The topological polar surface area (TPSA) is 111 Å². The second kappa shape index (κ2) is 8.08. The summed E-state index contributed by atoms with van der Waals surface area (Å²) in [5.74, 6) is -1.00. The number of hydrogen-bond acceptors (Lipinski definition) is 5. The highest BCUT2D eigenvalue weighted by Gasteiger charge is 2.55. The van der Waals surface area contributed by atoms with Crippen LogP contribution in [0.15, 0.2) is 42.5 Å². The van der Waals surface area contributed by atoms with Crippen LogP contribution < -0.4 is 20.9 Å². The molecule has 0 saturated carbocycles. The van der Waals surface area contributed by atoms with E-state index in [2.05, 4.69) is 16.0 Å². The summed E-state index contributed by atoms with van der Waals surface area (Å²) in [5.41, 5.74) is 1.85. The Morgan fingerprint density at radius 1 is 1.15 bits per heavy atom. The van der Waals surface area contributed by atoms with Gasteiger partial charge < -0.3 is 20.9 Å². The molecule has 3 aliphatic rings. The first-order valence-corrected chi connectivity index (χ1v) is 11.1. The molecule has 0 radical (unpaired) electrons. The Hall–Kier alpha value is -3.59. The fourth-order valence-electron chi connectivity index (χ4n) is 4.76. The summed E-state index contributed by atoms with van der Waals surface area (Å²) in [4.78, 5) is 52.9. The highest BCUT2D eigenvalue weighted by Crippen LogP contribution is 2.41. The van der Waals surface area contributed by atoms with Crippen molar-refractivity contribution in [2.45, 2.75) is 18.4 Å². The smallest absolute Gasteiger partial charge is 0.325 e. The summed E-state index contributed by atoms with van der Waals surface area (Å²) in [6.45, 7) is 0.975.